The van der Waals surface area contributed by atoms with Gasteiger partial charge in [-0.3, -0.25) is 9.59 Å². The first-order valence-corrected chi connectivity index (χ1v) is 8.62. The molecule has 2 fully saturated rings. The van der Waals surface area contributed by atoms with E-state index in [0.29, 0.717) is 11.1 Å². The molecule has 0 bridgehead atoms. The van der Waals surface area contributed by atoms with Gasteiger partial charge in [0.25, 0.3) is 5.91 Å². The number of amides is 1. The molecule has 1 aromatic heterocycles. The quantitative estimate of drug-likeness (QED) is 0.876. The summed E-state index contributed by atoms with van der Waals surface area (Å²) in [5, 5.41) is 0.882. The summed E-state index contributed by atoms with van der Waals surface area (Å²) in [7, 11) is 0. The molecule has 5 nitrogen and oxygen atoms in total. The highest BCUT2D eigenvalue weighted by Gasteiger charge is 2.47. The second-order valence-electron chi connectivity index (χ2n) is 6.99. The Kier molecular flexibility index (Phi) is 3.68. The minimum Gasteiger partial charge on any atom is -0.381 e. The van der Waals surface area contributed by atoms with E-state index in [1.54, 1.807) is 6.07 Å². The summed E-state index contributed by atoms with van der Waals surface area (Å²) in [5.41, 5.74) is 1.22. The van der Waals surface area contributed by atoms with E-state index < -0.39 is 0 Å². The summed E-state index contributed by atoms with van der Waals surface area (Å²) < 4.78 is 5.51. The lowest BCUT2D eigenvalue weighted by Gasteiger charge is -2.38. The third-order valence-electron chi connectivity index (χ3n) is 5.94. The Hall–Kier alpha value is -2.14. The third kappa shape index (κ3) is 2.35. The van der Waals surface area contributed by atoms with Crippen molar-refractivity contribution in [1.29, 1.82) is 0 Å². The van der Waals surface area contributed by atoms with Crippen molar-refractivity contribution in [2.24, 2.45) is 5.41 Å². The lowest BCUT2D eigenvalue weighted by molar-refractivity contribution is 0.000195. The number of H-pyrrole nitrogens is 1. The van der Waals surface area contributed by atoms with Crippen LogP contribution in [0, 0.1) is 5.41 Å². The highest BCUT2D eigenvalue weighted by Crippen LogP contribution is 2.45. The van der Waals surface area contributed by atoms with Crippen LogP contribution in [-0.4, -0.2) is 41.6 Å². The standard InChI is InChI=1S/C19H22N2O3/c1-13-19(8-11-24-12-9-19)7-10-21(13)18(23)15-4-2-3-14-5-6-16(22)20-17(14)15/h2-6,13H,7-12H2,1H3,(H,20,22). The Bertz CT molecular complexity index is 836. The van der Waals surface area contributed by atoms with Crippen LogP contribution in [0.25, 0.3) is 10.9 Å². The van der Waals surface area contributed by atoms with E-state index in [-0.39, 0.29) is 22.9 Å². The van der Waals surface area contributed by atoms with E-state index in [9.17, 15) is 9.59 Å². The van der Waals surface area contributed by atoms with E-state index >= 15 is 0 Å². The van der Waals surface area contributed by atoms with E-state index in [2.05, 4.69) is 11.9 Å². The minimum absolute atomic E-state index is 0.0123. The predicted molar refractivity (Wildman–Crippen MR) is 92.2 cm³/mol. The van der Waals surface area contributed by atoms with Gasteiger partial charge in [0.05, 0.1) is 11.1 Å². The second-order valence-corrected chi connectivity index (χ2v) is 6.99. The Labute approximate surface area is 140 Å². The largest absolute Gasteiger partial charge is 0.381 e. The molecule has 4 rings (SSSR count). The highest BCUT2D eigenvalue weighted by atomic mass is 16.5. The maximum absolute atomic E-state index is 13.2. The first-order chi connectivity index (χ1) is 11.6. The highest BCUT2D eigenvalue weighted by molar-refractivity contribution is 6.05. The first kappa shape index (κ1) is 15.4. The molecular formula is C19H22N2O3. The van der Waals surface area contributed by atoms with Crippen LogP contribution in [0.3, 0.4) is 0 Å². The SMILES string of the molecule is CC1N(C(=O)c2cccc3ccc(=O)[nH]c23)CCC12CCOCC2. The van der Waals surface area contributed by atoms with Crippen molar-refractivity contribution in [1.82, 2.24) is 9.88 Å². The van der Waals surface area contributed by atoms with Crippen molar-refractivity contribution < 1.29 is 9.53 Å². The molecule has 5 heteroatoms. The molecule has 0 radical (unpaired) electrons. The number of nitrogens with zero attached hydrogens (tertiary/aromatic N) is 1. The Morgan fingerprint density at radius 1 is 1.21 bits per heavy atom. The number of para-hydroxylation sites is 1. The van der Waals surface area contributed by atoms with Crippen molar-refractivity contribution in [2.45, 2.75) is 32.2 Å². The van der Waals surface area contributed by atoms with Gasteiger partial charge in [-0.25, -0.2) is 0 Å². The van der Waals surface area contributed by atoms with Crippen molar-refractivity contribution in [3.05, 3.63) is 46.2 Å². The topological polar surface area (TPSA) is 62.4 Å². The van der Waals surface area contributed by atoms with Gasteiger partial charge in [-0.15, -0.1) is 0 Å². The number of pyridine rings is 1. The zero-order valence-electron chi connectivity index (χ0n) is 13.9. The van der Waals surface area contributed by atoms with Crippen LogP contribution in [0.2, 0.25) is 0 Å². The molecule has 1 amide bonds. The van der Waals surface area contributed by atoms with E-state index in [1.807, 2.05) is 23.1 Å². The zero-order valence-corrected chi connectivity index (χ0v) is 13.9. The molecule has 2 aliphatic rings. The number of likely N-dealkylation sites (tertiary alicyclic amines) is 1. The molecule has 24 heavy (non-hydrogen) atoms. The first-order valence-electron chi connectivity index (χ1n) is 8.62. The average molecular weight is 326 g/mol. The number of carbonyl (C=O) groups is 1. The van der Waals surface area contributed by atoms with Crippen LogP contribution in [0.5, 0.6) is 0 Å². The number of ether oxygens (including phenoxy) is 1. The van der Waals surface area contributed by atoms with Gasteiger partial charge in [-0.2, -0.15) is 0 Å². The number of carbonyl (C=O) groups excluding carboxylic acids is 1. The normalized spacial score (nSPS) is 23.0. The van der Waals surface area contributed by atoms with Crippen LogP contribution >= 0.6 is 0 Å². The van der Waals surface area contributed by atoms with Crippen LogP contribution in [0.4, 0.5) is 0 Å². The molecular weight excluding hydrogens is 304 g/mol. The van der Waals surface area contributed by atoms with Gasteiger partial charge in [-0.05, 0) is 49.1 Å². The van der Waals surface area contributed by atoms with Crippen molar-refractivity contribution in [3.63, 3.8) is 0 Å². The summed E-state index contributed by atoms with van der Waals surface area (Å²) >= 11 is 0. The van der Waals surface area contributed by atoms with E-state index in [1.165, 1.54) is 6.07 Å². The summed E-state index contributed by atoms with van der Waals surface area (Å²) in [6.45, 7) is 4.50. The predicted octanol–water partition coefficient (Wildman–Crippen LogP) is 2.56. The Morgan fingerprint density at radius 2 is 2.00 bits per heavy atom. The molecule has 2 aliphatic heterocycles. The second kappa shape index (κ2) is 5.74. The molecule has 1 aromatic carbocycles. The number of hydrogen-bond donors (Lipinski definition) is 1. The number of nitrogens with one attached hydrogen (secondary N) is 1. The number of hydrogen-bond acceptors (Lipinski definition) is 3. The van der Waals surface area contributed by atoms with Gasteiger partial charge in [0.15, 0.2) is 0 Å². The summed E-state index contributed by atoms with van der Waals surface area (Å²) in [6, 6.07) is 9.04. The molecule has 2 saturated heterocycles. The Morgan fingerprint density at radius 3 is 2.79 bits per heavy atom. The number of benzene rings is 1. The van der Waals surface area contributed by atoms with Gasteiger partial charge in [0, 0.05) is 31.9 Å². The van der Waals surface area contributed by atoms with Crippen LogP contribution in [0.1, 0.15) is 36.5 Å². The van der Waals surface area contributed by atoms with Crippen molar-refractivity contribution >= 4 is 16.8 Å². The summed E-state index contributed by atoms with van der Waals surface area (Å²) in [6.07, 6.45) is 3.07. The molecule has 1 atom stereocenters. The summed E-state index contributed by atoms with van der Waals surface area (Å²) in [5.74, 6) is 0.0123. The molecule has 126 valence electrons. The number of rotatable bonds is 1. The average Bonchev–Trinajstić information content (AvgIpc) is 2.91. The molecule has 2 aromatic rings. The number of fused-ring (bicyclic) bond motifs is 1. The summed E-state index contributed by atoms with van der Waals surface area (Å²) in [4.78, 5) is 29.7. The van der Waals surface area contributed by atoms with Gasteiger partial charge in [0.1, 0.15) is 0 Å². The lowest BCUT2D eigenvalue weighted by Crippen LogP contribution is -2.43. The fourth-order valence-corrected chi connectivity index (χ4v) is 4.31. The molecule has 1 N–H and O–H groups in total. The third-order valence-corrected chi connectivity index (χ3v) is 5.94. The van der Waals surface area contributed by atoms with Gasteiger partial charge >= 0.3 is 0 Å². The molecule has 0 saturated carbocycles. The van der Waals surface area contributed by atoms with Gasteiger partial charge in [0.2, 0.25) is 5.56 Å². The smallest absolute Gasteiger partial charge is 0.256 e. The monoisotopic (exact) mass is 326 g/mol. The fourth-order valence-electron chi connectivity index (χ4n) is 4.31. The lowest BCUT2D eigenvalue weighted by atomic mass is 9.74. The van der Waals surface area contributed by atoms with E-state index in [4.69, 9.17) is 4.74 Å². The van der Waals surface area contributed by atoms with Crippen LogP contribution < -0.4 is 5.56 Å². The Balaban J connectivity index is 1.70. The number of aromatic amines is 1. The fraction of sp³-hybridized carbons (Fsp3) is 0.474. The van der Waals surface area contributed by atoms with Crippen molar-refractivity contribution in [3.8, 4) is 0 Å². The maximum atomic E-state index is 13.2. The van der Waals surface area contributed by atoms with Crippen molar-refractivity contribution in [2.75, 3.05) is 19.8 Å². The maximum Gasteiger partial charge on any atom is 0.256 e. The van der Waals surface area contributed by atoms with E-state index in [0.717, 1.165) is 44.4 Å². The zero-order chi connectivity index (χ0) is 16.7. The molecule has 3 heterocycles. The number of aromatic nitrogens is 1. The molecule has 1 unspecified atom stereocenters. The van der Waals surface area contributed by atoms with Crippen LogP contribution in [-0.2, 0) is 4.74 Å². The van der Waals surface area contributed by atoms with Gasteiger partial charge < -0.3 is 14.6 Å². The molecule has 1 spiro atoms. The molecule has 0 aliphatic carbocycles. The van der Waals surface area contributed by atoms with Gasteiger partial charge in [-0.1, -0.05) is 12.1 Å². The van der Waals surface area contributed by atoms with Crippen LogP contribution in [0.15, 0.2) is 35.1 Å². The minimum atomic E-state index is -0.182.